The van der Waals surface area contributed by atoms with Gasteiger partial charge in [-0.2, -0.15) is 13.2 Å². The third kappa shape index (κ3) is 4.84. The zero-order chi connectivity index (χ0) is 25.3. The molecule has 1 atom stereocenters. The summed E-state index contributed by atoms with van der Waals surface area (Å²) in [5, 5.41) is 0. The fourth-order valence-corrected chi connectivity index (χ4v) is 5.32. The lowest BCUT2D eigenvalue weighted by atomic mass is 9.69. The highest BCUT2D eigenvalue weighted by molar-refractivity contribution is 5.94. The molecule has 1 aromatic heterocycles. The highest BCUT2D eigenvalue weighted by Crippen LogP contribution is 2.45. The number of esters is 1. The maximum atomic E-state index is 13.1. The van der Waals surface area contributed by atoms with Crippen LogP contribution in [0.1, 0.15) is 35.2 Å². The van der Waals surface area contributed by atoms with Gasteiger partial charge >= 0.3 is 12.1 Å². The number of alkyl halides is 3. The van der Waals surface area contributed by atoms with Crippen LogP contribution < -0.4 is 9.47 Å². The number of ether oxygens (including phenoxy) is 3. The van der Waals surface area contributed by atoms with Gasteiger partial charge in [0, 0.05) is 55.1 Å². The molecule has 5 rings (SSSR count). The SMILES string of the molecule is O=C(c1ccncc1)N1CCC2(CCN(Cc3cccc4c3OCO4)CC2OC(=O)C(F)(F)F)CC1. The van der Waals surface area contributed by atoms with Gasteiger partial charge in [0.15, 0.2) is 11.5 Å². The third-order valence-electron chi connectivity index (χ3n) is 7.36. The first-order chi connectivity index (χ1) is 17.2. The molecule has 3 aliphatic rings. The Hall–Kier alpha value is -3.34. The minimum absolute atomic E-state index is 0.121. The van der Waals surface area contributed by atoms with E-state index in [4.69, 9.17) is 14.2 Å². The van der Waals surface area contributed by atoms with Crippen LogP contribution in [-0.2, 0) is 16.1 Å². The highest BCUT2D eigenvalue weighted by Gasteiger charge is 2.51. The van der Waals surface area contributed by atoms with E-state index in [0.29, 0.717) is 62.5 Å². The molecule has 192 valence electrons. The average Bonchev–Trinajstić information content (AvgIpc) is 3.36. The van der Waals surface area contributed by atoms with Crippen LogP contribution in [0.3, 0.4) is 0 Å². The summed E-state index contributed by atoms with van der Waals surface area (Å²) < 4.78 is 55.5. The maximum Gasteiger partial charge on any atom is 0.490 e. The molecule has 2 saturated heterocycles. The number of hydrogen-bond donors (Lipinski definition) is 0. The van der Waals surface area contributed by atoms with Crippen LogP contribution in [0, 0.1) is 5.41 Å². The Labute approximate surface area is 205 Å². The number of para-hydroxylation sites is 1. The molecule has 1 unspecified atom stereocenters. The predicted molar refractivity (Wildman–Crippen MR) is 120 cm³/mol. The number of carbonyl (C=O) groups excluding carboxylic acids is 2. The Morgan fingerprint density at radius 1 is 1.06 bits per heavy atom. The van der Waals surface area contributed by atoms with Crippen molar-refractivity contribution in [3.63, 3.8) is 0 Å². The van der Waals surface area contributed by atoms with Gasteiger partial charge in [-0.25, -0.2) is 4.79 Å². The monoisotopic (exact) mass is 505 g/mol. The number of benzene rings is 1. The number of halogens is 3. The molecule has 0 aliphatic carbocycles. The minimum Gasteiger partial charge on any atom is -0.454 e. The first-order valence-corrected chi connectivity index (χ1v) is 11.8. The number of rotatable bonds is 4. The molecule has 8 nitrogen and oxygen atoms in total. The molecule has 36 heavy (non-hydrogen) atoms. The number of piperidine rings is 2. The molecule has 0 saturated carbocycles. The number of pyridine rings is 1. The number of likely N-dealkylation sites (tertiary alicyclic amines) is 2. The Morgan fingerprint density at radius 3 is 2.50 bits per heavy atom. The smallest absolute Gasteiger partial charge is 0.454 e. The van der Waals surface area contributed by atoms with Crippen molar-refractivity contribution >= 4 is 11.9 Å². The normalized spacial score (nSPS) is 21.4. The van der Waals surface area contributed by atoms with Gasteiger partial charge in [-0.1, -0.05) is 12.1 Å². The zero-order valence-corrected chi connectivity index (χ0v) is 19.5. The molecule has 2 fully saturated rings. The lowest BCUT2D eigenvalue weighted by Crippen LogP contribution is -2.57. The highest BCUT2D eigenvalue weighted by atomic mass is 19.4. The van der Waals surface area contributed by atoms with Gasteiger partial charge in [0.1, 0.15) is 6.10 Å². The molecule has 0 N–H and O–H groups in total. The average molecular weight is 505 g/mol. The quantitative estimate of drug-likeness (QED) is 0.589. The fraction of sp³-hybridized carbons (Fsp3) is 0.480. The molecular formula is C25H26F3N3O5. The summed E-state index contributed by atoms with van der Waals surface area (Å²) in [6.45, 7) is 2.07. The molecule has 1 spiro atoms. The number of fused-ring (bicyclic) bond motifs is 1. The van der Waals surface area contributed by atoms with Gasteiger partial charge in [-0.05, 0) is 44.0 Å². The van der Waals surface area contributed by atoms with Crippen molar-refractivity contribution in [1.29, 1.82) is 0 Å². The first-order valence-electron chi connectivity index (χ1n) is 11.8. The summed E-state index contributed by atoms with van der Waals surface area (Å²) in [6, 6.07) is 8.79. The Balaban J connectivity index is 1.31. The van der Waals surface area contributed by atoms with Crippen molar-refractivity contribution in [2.24, 2.45) is 5.41 Å². The van der Waals surface area contributed by atoms with Gasteiger partial charge in [0.2, 0.25) is 6.79 Å². The van der Waals surface area contributed by atoms with E-state index >= 15 is 0 Å². The van der Waals surface area contributed by atoms with E-state index < -0.39 is 23.7 Å². The maximum absolute atomic E-state index is 13.1. The Kier molecular flexibility index (Phi) is 6.50. The van der Waals surface area contributed by atoms with Crippen molar-refractivity contribution in [3.8, 4) is 11.5 Å². The van der Waals surface area contributed by atoms with Gasteiger partial charge in [0.25, 0.3) is 5.91 Å². The molecule has 3 aliphatic heterocycles. The molecule has 0 radical (unpaired) electrons. The molecule has 1 amide bonds. The number of hydrogen-bond acceptors (Lipinski definition) is 7. The first kappa shape index (κ1) is 24.4. The number of nitrogens with zero attached hydrogens (tertiary/aromatic N) is 3. The topological polar surface area (TPSA) is 81.2 Å². The predicted octanol–water partition coefficient (Wildman–Crippen LogP) is 3.41. The van der Waals surface area contributed by atoms with E-state index in [0.717, 1.165) is 5.56 Å². The Bertz CT molecular complexity index is 1120. The zero-order valence-electron chi connectivity index (χ0n) is 19.5. The molecule has 4 heterocycles. The van der Waals surface area contributed by atoms with E-state index in [1.165, 1.54) is 0 Å². The molecule has 1 aromatic carbocycles. The van der Waals surface area contributed by atoms with E-state index in [1.807, 2.05) is 17.0 Å². The molecular weight excluding hydrogens is 479 g/mol. The number of amides is 1. The lowest BCUT2D eigenvalue weighted by molar-refractivity contribution is -0.216. The third-order valence-corrected chi connectivity index (χ3v) is 7.36. The van der Waals surface area contributed by atoms with Gasteiger partial charge in [-0.3, -0.25) is 14.7 Å². The largest absolute Gasteiger partial charge is 0.490 e. The second kappa shape index (κ2) is 9.61. The summed E-state index contributed by atoms with van der Waals surface area (Å²) in [5.74, 6) is -1.06. The van der Waals surface area contributed by atoms with E-state index in [2.05, 4.69) is 4.98 Å². The van der Waals surface area contributed by atoms with Gasteiger partial charge < -0.3 is 19.1 Å². The second-order valence-electron chi connectivity index (χ2n) is 9.42. The van der Waals surface area contributed by atoms with Crippen molar-refractivity contribution in [2.45, 2.75) is 38.1 Å². The van der Waals surface area contributed by atoms with Crippen molar-refractivity contribution in [2.75, 3.05) is 33.0 Å². The summed E-state index contributed by atoms with van der Waals surface area (Å²) in [7, 11) is 0. The van der Waals surface area contributed by atoms with Crippen LogP contribution >= 0.6 is 0 Å². The van der Waals surface area contributed by atoms with Crippen LogP contribution in [-0.4, -0.2) is 71.9 Å². The van der Waals surface area contributed by atoms with Crippen LogP contribution in [0.4, 0.5) is 13.2 Å². The van der Waals surface area contributed by atoms with E-state index in [9.17, 15) is 22.8 Å². The lowest BCUT2D eigenvalue weighted by Gasteiger charge is -2.51. The number of carbonyl (C=O) groups is 2. The van der Waals surface area contributed by atoms with E-state index in [-0.39, 0.29) is 19.2 Å². The van der Waals surface area contributed by atoms with Crippen LogP contribution in [0.5, 0.6) is 11.5 Å². The molecule has 0 bridgehead atoms. The van der Waals surface area contributed by atoms with Crippen molar-refractivity contribution in [3.05, 3.63) is 53.9 Å². The van der Waals surface area contributed by atoms with Gasteiger partial charge in [-0.15, -0.1) is 0 Å². The van der Waals surface area contributed by atoms with Crippen LogP contribution in [0.15, 0.2) is 42.7 Å². The summed E-state index contributed by atoms with van der Waals surface area (Å²) in [5.41, 5.74) is 0.738. The van der Waals surface area contributed by atoms with Crippen molar-refractivity contribution in [1.82, 2.24) is 14.8 Å². The van der Waals surface area contributed by atoms with Crippen LogP contribution in [0.25, 0.3) is 0 Å². The Morgan fingerprint density at radius 2 is 1.78 bits per heavy atom. The number of aromatic nitrogens is 1. The fourth-order valence-electron chi connectivity index (χ4n) is 5.32. The minimum atomic E-state index is -5.08. The van der Waals surface area contributed by atoms with E-state index in [1.54, 1.807) is 35.5 Å². The molecule has 11 heteroatoms. The summed E-state index contributed by atoms with van der Waals surface area (Å²) >= 11 is 0. The summed E-state index contributed by atoms with van der Waals surface area (Å²) in [6.07, 6.45) is -1.50. The standard InChI is InChI=1S/C25H26F3N3O5/c26-25(27,28)23(33)36-20-15-30(14-18-2-1-3-19-21(18)35-16-34-19)11-6-24(20)7-12-31(13-8-24)22(32)17-4-9-29-10-5-17/h1-5,9-10,20H,6-8,11-16H2. The summed E-state index contributed by atoms with van der Waals surface area (Å²) in [4.78, 5) is 32.3. The molecule has 2 aromatic rings. The van der Waals surface area contributed by atoms with Crippen molar-refractivity contribution < 1.29 is 37.0 Å². The van der Waals surface area contributed by atoms with Crippen LogP contribution in [0.2, 0.25) is 0 Å². The second-order valence-corrected chi connectivity index (χ2v) is 9.42. The van der Waals surface area contributed by atoms with Gasteiger partial charge in [0.05, 0.1) is 0 Å².